The van der Waals surface area contributed by atoms with Crippen molar-refractivity contribution in [3.8, 4) is 0 Å². The molecule has 0 aliphatic carbocycles. The molecular formula is C10H8Br3N. The van der Waals surface area contributed by atoms with Crippen molar-refractivity contribution in [2.75, 3.05) is 0 Å². The molecule has 0 radical (unpaired) electrons. The first-order chi connectivity index (χ1) is 6.52. The average molecular weight is 382 g/mol. The van der Waals surface area contributed by atoms with Crippen molar-refractivity contribution in [1.82, 2.24) is 0 Å². The predicted molar refractivity (Wildman–Crippen MR) is 70.7 cm³/mol. The Kier molecular flexibility index (Phi) is 2.88. The van der Waals surface area contributed by atoms with E-state index < -0.39 is 0 Å². The van der Waals surface area contributed by atoms with Crippen LogP contribution in [-0.2, 0) is 0 Å². The van der Waals surface area contributed by atoms with Crippen LogP contribution in [0, 0.1) is 0 Å². The van der Waals surface area contributed by atoms with Gasteiger partial charge in [-0.15, -0.1) is 0 Å². The summed E-state index contributed by atoms with van der Waals surface area (Å²) in [5.41, 5.74) is 3.51. The van der Waals surface area contributed by atoms with Crippen LogP contribution < -0.4 is 0 Å². The zero-order chi connectivity index (χ0) is 10.5. The number of rotatable bonds is 0. The lowest BCUT2D eigenvalue weighted by Crippen LogP contribution is -1.99. The third kappa shape index (κ3) is 1.51. The van der Waals surface area contributed by atoms with E-state index >= 15 is 0 Å². The monoisotopic (exact) mass is 379 g/mol. The Morgan fingerprint density at radius 2 is 1.86 bits per heavy atom. The minimum Gasteiger partial charge on any atom is -0.257 e. The molecule has 0 aromatic heterocycles. The molecule has 0 fully saturated rings. The summed E-state index contributed by atoms with van der Waals surface area (Å²) in [6.07, 6.45) is 0. The lowest BCUT2D eigenvalue weighted by molar-refractivity contribution is 1.04. The maximum absolute atomic E-state index is 4.53. The number of nitrogens with zero attached hydrogens (tertiary/aromatic N) is 1. The Bertz CT molecular complexity index is 437. The van der Waals surface area contributed by atoms with E-state index in [9.17, 15) is 0 Å². The van der Waals surface area contributed by atoms with Crippen molar-refractivity contribution in [2.45, 2.75) is 19.8 Å². The third-order valence-corrected chi connectivity index (χ3v) is 5.87. The minimum atomic E-state index is 0.406. The van der Waals surface area contributed by atoms with Crippen LogP contribution in [0.2, 0.25) is 0 Å². The molecule has 0 spiro atoms. The summed E-state index contributed by atoms with van der Waals surface area (Å²) in [4.78, 5) is 4.53. The van der Waals surface area contributed by atoms with Gasteiger partial charge in [0.2, 0.25) is 0 Å². The molecular weight excluding hydrogens is 374 g/mol. The Hall–Kier alpha value is 0.330. The fraction of sp³-hybridized carbons (Fsp3) is 0.300. The van der Waals surface area contributed by atoms with Crippen LogP contribution >= 0.6 is 47.8 Å². The lowest BCUT2D eigenvalue weighted by atomic mass is 9.99. The maximum atomic E-state index is 4.53. The van der Waals surface area contributed by atoms with E-state index in [1.54, 1.807) is 0 Å². The van der Waals surface area contributed by atoms with Gasteiger partial charge in [-0.25, -0.2) is 0 Å². The Morgan fingerprint density at radius 3 is 2.50 bits per heavy atom. The molecule has 1 aliphatic heterocycles. The molecule has 0 N–H and O–H groups in total. The Balaban J connectivity index is 2.72. The summed E-state index contributed by atoms with van der Waals surface area (Å²) in [5, 5.41) is 0. The SMILES string of the molecule is CC1=Nc2cc(Br)c(Br)c(Br)c2C1C. The number of fused-ring (bicyclic) bond motifs is 1. The van der Waals surface area contributed by atoms with Crippen LogP contribution in [-0.4, -0.2) is 5.71 Å². The molecule has 1 heterocycles. The topological polar surface area (TPSA) is 12.4 Å². The fourth-order valence-electron chi connectivity index (χ4n) is 1.60. The molecule has 1 aromatic rings. The second kappa shape index (κ2) is 3.72. The van der Waals surface area contributed by atoms with Crippen molar-refractivity contribution < 1.29 is 0 Å². The maximum Gasteiger partial charge on any atom is 0.0691 e. The van der Waals surface area contributed by atoms with E-state index in [4.69, 9.17) is 0 Å². The molecule has 0 saturated carbocycles. The van der Waals surface area contributed by atoms with Crippen molar-refractivity contribution in [2.24, 2.45) is 4.99 Å². The molecule has 1 unspecified atom stereocenters. The van der Waals surface area contributed by atoms with Crippen LogP contribution in [0.1, 0.15) is 25.3 Å². The molecule has 2 rings (SSSR count). The van der Waals surface area contributed by atoms with Gasteiger partial charge >= 0.3 is 0 Å². The first-order valence-electron chi connectivity index (χ1n) is 4.25. The molecule has 1 aromatic carbocycles. The van der Waals surface area contributed by atoms with Crippen LogP contribution in [0.5, 0.6) is 0 Å². The summed E-state index contributed by atoms with van der Waals surface area (Å²) in [6, 6.07) is 2.05. The quantitative estimate of drug-likeness (QED) is 0.549. The van der Waals surface area contributed by atoms with Gasteiger partial charge in [-0.05, 0) is 60.8 Å². The number of benzene rings is 1. The normalized spacial score (nSPS) is 19.5. The van der Waals surface area contributed by atoms with Gasteiger partial charge in [-0.2, -0.15) is 0 Å². The molecule has 1 aliphatic rings. The highest BCUT2D eigenvalue weighted by Gasteiger charge is 2.25. The Morgan fingerprint density at radius 1 is 1.21 bits per heavy atom. The number of hydrogen-bond acceptors (Lipinski definition) is 1. The summed E-state index contributed by atoms with van der Waals surface area (Å²) < 4.78 is 3.21. The molecule has 14 heavy (non-hydrogen) atoms. The Labute approximate surface area is 108 Å². The van der Waals surface area contributed by atoms with Crippen molar-refractivity contribution in [1.29, 1.82) is 0 Å². The van der Waals surface area contributed by atoms with Gasteiger partial charge in [0.1, 0.15) is 0 Å². The van der Waals surface area contributed by atoms with Crippen molar-refractivity contribution in [3.63, 3.8) is 0 Å². The summed E-state index contributed by atoms with van der Waals surface area (Å²) in [6.45, 7) is 4.24. The summed E-state index contributed by atoms with van der Waals surface area (Å²) in [5.74, 6) is 0.406. The zero-order valence-electron chi connectivity index (χ0n) is 7.74. The van der Waals surface area contributed by atoms with Crippen LogP contribution in [0.15, 0.2) is 24.5 Å². The molecule has 74 valence electrons. The first kappa shape index (κ1) is 10.8. The zero-order valence-corrected chi connectivity index (χ0v) is 12.5. The van der Waals surface area contributed by atoms with Crippen LogP contribution in [0.4, 0.5) is 5.69 Å². The minimum absolute atomic E-state index is 0.406. The van der Waals surface area contributed by atoms with E-state index in [-0.39, 0.29) is 0 Å². The average Bonchev–Trinajstić information content (AvgIpc) is 2.39. The molecule has 0 bridgehead atoms. The standard InChI is InChI=1S/C10H8Br3N/c1-4-5(2)14-7-3-6(11)9(12)10(13)8(4)7/h3-4H,1-2H3. The highest BCUT2D eigenvalue weighted by molar-refractivity contribution is 9.14. The van der Waals surface area contributed by atoms with Gasteiger partial charge in [0.25, 0.3) is 0 Å². The van der Waals surface area contributed by atoms with Gasteiger partial charge in [-0.1, -0.05) is 6.92 Å². The van der Waals surface area contributed by atoms with E-state index in [2.05, 4.69) is 72.7 Å². The summed E-state index contributed by atoms with van der Waals surface area (Å²) in [7, 11) is 0. The number of aliphatic imine (C=N–C) groups is 1. The lowest BCUT2D eigenvalue weighted by Gasteiger charge is -2.10. The third-order valence-electron chi connectivity index (χ3n) is 2.53. The highest BCUT2D eigenvalue weighted by atomic mass is 79.9. The second-order valence-corrected chi connectivity index (χ2v) is 5.83. The predicted octanol–water partition coefficient (Wildman–Crippen LogP) is 5.18. The van der Waals surface area contributed by atoms with Crippen molar-refractivity contribution in [3.05, 3.63) is 25.0 Å². The fourth-order valence-corrected chi connectivity index (χ4v) is 3.37. The molecule has 0 saturated heterocycles. The molecule has 1 nitrogen and oxygen atoms in total. The highest BCUT2D eigenvalue weighted by Crippen LogP contribution is 2.46. The van der Waals surface area contributed by atoms with E-state index in [1.165, 1.54) is 11.3 Å². The van der Waals surface area contributed by atoms with Crippen LogP contribution in [0.3, 0.4) is 0 Å². The first-order valence-corrected chi connectivity index (χ1v) is 6.63. The van der Waals surface area contributed by atoms with Gasteiger partial charge in [0, 0.05) is 30.6 Å². The second-order valence-electron chi connectivity index (χ2n) is 3.39. The van der Waals surface area contributed by atoms with Gasteiger partial charge in [0.05, 0.1) is 5.69 Å². The molecule has 1 atom stereocenters. The van der Waals surface area contributed by atoms with Gasteiger partial charge in [0.15, 0.2) is 0 Å². The van der Waals surface area contributed by atoms with E-state index in [0.717, 1.165) is 19.1 Å². The van der Waals surface area contributed by atoms with Crippen molar-refractivity contribution >= 4 is 59.2 Å². The van der Waals surface area contributed by atoms with Crippen LogP contribution in [0.25, 0.3) is 0 Å². The van der Waals surface area contributed by atoms with E-state index in [1.807, 2.05) is 0 Å². The number of halogens is 3. The van der Waals surface area contributed by atoms with Gasteiger partial charge < -0.3 is 0 Å². The van der Waals surface area contributed by atoms with E-state index in [0.29, 0.717) is 5.92 Å². The number of hydrogen-bond donors (Lipinski definition) is 0. The summed E-state index contributed by atoms with van der Waals surface area (Å²) >= 11 is 10.6. The smallest absolute Gasteiger partial charge is 0.0691 e. The molecule has 4 heteroatoms. The van der Waals surface area contributed by atoms with Gasteiger partial charge in [-0.3, -0.25) is 4.99 Å². The molecule has 0 amide bonds. The largest absolute Gasteiger partial charge is 0.257 e.